The summed E-state index contributed by atoms with van der Waals surface area (Å²) in [4.78, 5) is 0. The van der Waals surface area contributed by atoms with Gasteiger partial charge in [-0.3, -0.25) is 0 Å². The summed E-state index contributed by atoms with van der Waals surface area (Å²) in [5, 5.41) is 2.48. The van der Waals surface area contributed by atoms with Crippen molar-refractivity contribution in [1.82, 2.24) is 9.25 Å². The lowest BCUT2D eigenvalue weighted by atomic mass is 9.84. The average Bonchev–Trinajstić information content (AvgIpc) is 3.71. The molecule has 0 bridgehead atoms. The van der Waals surface area contributed by atoms with Crippen LogP contribution in [0.3, 0.4) is 0 Å². The van der Waals surface area contributed by atoms with Crippen molar-refractivity contribution in [2.75, 3.05) is 0 Å². The van der Waals surface area contributed by atoms with Crippen LogP contribution in [0.1, 0.15) is 16.7 Å². The lowest BCUT2D eigenvalue weighted by Gasteiger charge is -2.32. The number of rotatable bonds is 2. The van der Waals surface area contributed by atoms with Crippen LogP contribution in [0, 0.1) is 6.92 Å². The highest BCUT2D eigenvalue weighted by Crippen LogP contribution is 2.55. The van der Waals surface area contributed by atoms with Crippen molar-refractivity contribution < 1.29 is 14.0 Å². The van der Waals surface area contributed by atoms with Gasteiger partial charge in [0.05, 0.1) is 6.20 Å². The zero-order chi connectivity index (χ0) is 29.4. The fourth-order valence-electron chi connectivity index (χ4n) is 8.40. The van der Waals surface area contributed by atoms with Crippen LogP contribution in [-0.2, 0) is 5.66 Å². The largest absolute Gasteiger partial charge is 0.456 e. The van der Waals surface area contributed by atoms with E-state index in [2.05, 4.69) is 165 Å². The van der Waals surface area contributed by atoms with Gasteiger partial charge in [-0.15, -0.1) is 4.68 Å². The maximum Gasteiger partial charge on any atom is 0.397 e. The Hall–Kier alpha value is -5.94. The molecule has 45 heavy (non-hydrogen) atoms. The number of benzene rings is 5. The molecule has 0 aliphatic carbocycles. The predicted octanol–water partition coefficient (Wildman–Crippen LogP) is 7.82. The van der Waals surface area contributed by atoms with Gasteiger partial charge in [-0.2, -0.15) is 9.13 Å². The molecule has 11 rings (SSSR count). The second-order valence-corrected chi connectivity index (χ2v) is 12.3. The second-order valence-electron chi connectivity index (χ2n) is 12.3. The Bertz CT molecular complexity index is 2580. The van der Waals surface area contributed by atoms with E-state index in [1.54, 1.807) is 0 Å². The highest BCUT2D eigenvalue weighted by atomic mass is 16.5. The predicted molar refractivity (Wildman–Crippen MR) is 174 cm³/mol. The van der Waals surface area contributed by atoms with Gasteiger partial charge in [-0.25, -0.2) is 0 Å². The number of fused-ring (bicyclic) bond motifs is 7. The first kappa shape index (κ1) is 23.5. The molecule has 5 aromatic carbocycles. The van der Waals surface area contributed by atoms with Crippen LogP contribution in [0.25, 0.3) is 55.7 Å². The summed E-state index contributed by atoms with van der Waals surface area (Å²) in [7, 11) is 0. The molecule has 0 radical (unpaired) electrons. The molecule has 0 fully saturated rings. The number of hydrogen-bond donors (Lipinski definition) is 0. The molecule has 6 heterocycles. The van der Waals surface area contributed by atoms with Crippen molar-refractivity contribution in [2.24, 2.45) is 0 Å². The van der Waals surface area contributed by atoms with Gasteiger partial charge in [0.15, 0.2) is 11.1 Å². The molecule has 0 N–H and O–H groups in total. The van der Waals surface area contributed by atoms with Gasteiger partial charge in [0, 0.05) is 28.0 Å². The van der Waals surface area contributed by atoms with Crippen molar-refractivity contribution >= 4 is 21.8 Å². The second kappa shape index (κ2) is 7.96. The first-order valence-electron chi connectivity index (χ1n) is 15.5. The molecule has 0 saturated heterocycles. The van der Waals surface area contributed by atoms with Gasteiger partial charge in [0.25, 0.3) is 5.82 Å². The van der Waals surface area contributed by atoms with Crippen molar-refractivity contribution in [2.45, 2.75) is 12.6 Å². The third-order valence-electron chi connectivity index (χ3n) is 10.1. The molecule has 210 valence electrons. The molecule has 0 saturated carbocycles. The van der Waals surface area contributed by atoms with Crippen LogP contribution in [0.5, 0.6) is 11.5 Å². The van der Waals surface area contributed by atoms with E-state index >= 15 is 0 Å². The molecule has 3 aliphatic rings. The summed E-state index contributed by atoms with van der Waals surface area (Å²) in [6, 6.07) is 45.7. The van der Waals surface area contributed by atoms with E-state index < -0.39 is 5.66 Å². The van der Waals surface area contributed by atoms with Crippen LogP contribution >= 0.6 is 0 Å². The van der Waals surface area contributed by atoms with Gasteiger partial charge < -0.3 is 4.74 Å². The Morgan fingerprint density at radius 1 is 0.622 bits per heavy atom. The Morgan fingerprint density at radius 3 is 2.27 bits per heavy atom. The van der Waals surface area contributed by atoms with Crippen molar-refractivity contribution in [3.8, 4) is 45.4 Å². The SMILES string of the molecule is Cc1c[n+]2n(c1-c1ccc(-c3ccccc3)cc1)-c1cccc3c1C21c2c(ccc4c5ccccc5n(c24)-c2cccc[n+]21)O3. The van der Waals surface area contributed by atoms with E-state index in [4.69, 9.17) is 4.74 Å². The third-order valence-corrected chi connectivity index (χ3v) is 10.1. The molecule has 1 atom stereocenters. The quantitative estimate of drug-likeness (QED) is 0.192. The molecule has 3 aromatic heterocycles. The van der Waals surface area contributed by atoms with Gasteiger partial charge >= 0.3 is 5.66 Å². The summed E-state index contributed by atoms with van der Waals surface area (Å²) in [6.07, 6.45) is 4.57. The van der Waals surface area contributed by atoms with Gasteiger partial charge in [-0.1, -0.05) is 83.5 Å². The highest BCUT2D eigenvalue weighted by Gasteiger charge is 2.69. The minimum absolute atomic E-state index is 0.674. The zero-order valence-corrected chi connectivity index (χ0v) is 24.5. The molecular weight excluding hydrogens is 552 g/mol. The maximum absolute atomic E-state index is 6.83. The number of hydrogen-bond acceptors (Lipinski definition) is 1. The van der Waals surface area contributed by atoms with Crippen LogP contribution < -0.4 is 14.0 Å². The van der Waals surface area contributed by atoms with Crippen molar-refractivity contribution in [3.63, 3.8) is 0 Å². The van der Waals surface area contributed by atoms with Gasteiger partial charge in [0.1, 0.15) is 34.0 Å². The van der Waals surface area contributed by atoms with E-state index in [1.165, 1.54) is 60.9 Å². The zero-order valence-electron chi connectivity index (χ0n) is 24.5. The van der Waals surface area contributed by atoms with E-state index in [0.717, 1.165) is 23.0 Å². The van der Waals surface area contributed by atoms with Crippen LogP contribution in [-0.4, -0.2) is 9.25 Å². The van der Waals surface area contributed by atoms with Gasteiger partial charge in [0.2, 0.25) is 6.20 Å². The number of aryl methyl sites for hydroxylation is 1. The summed E-state index contributed by atoms with van der Waals surface area (Å²) < 4.78 is 16.6. The molecule has 1 unspecified atom stereocenters. The smallest absolute Gasteiger partial charge is 0.397 e. The van der Waals surface area contributed by atoms with E-state index in [0.29, 0.717) is 0 Å². The molecule has 0 amide bonds. The molecule has 5 heteroatoms. The Labute approximate surface area is 259 Å². The van der Waals surface area contributed by atoms with Crippen LogP contribution in [0.15, 0.2) is 140 Å². The Kier molecular flexibility index (Phi) is 4.16. The topological polar surface area (TPSA) is 26.8 Å². The van der Waals surface area contributed by atoms with Crippen molar-refractivity contribution in [1.29, 1.82) is 0 Å². The monoisotopic (exact) mass is 578 g/mol. The van der Waals surface area contributed by atoms with Crippen molar-refractivity contribution in [3.05, 3.63) is 156 Å². The van der Waals surface area contributed by atoms with E-state index in [-0.39, 0.29) is 0 Å². The summed E-state index contributed by atoms with van der Waals surface area (Å²) >= 11 is 0. The lowest BCUT2D eigenvalue weighted by molar-refractivity contribution is -0.993. The molecule has 3 aliphatic heterocycles. The summed E-state index contributed by atoms with van der Waals surface area (Å²) in [5.41, 5.74) is 11.2. The number of aromatic nitrogens is 4. The number of para-hydroxylation sites is 1. The van der Waals surface area contributed by atoms with E-state index in [1.807, 2.05) is 0 Å². The fourth-order valence-corrected chi connectivity index (χ4v) is 8.40. The summed E-state index contributed by atoms with van der Waals surface area (Å²) in [5.74, 6) is 2.92. The summed E-state index contributed by atoms with van der Waals surface area (Å²) in [6.45, 7) is 2.23. The first-order chi connectivity index (χ1) is 22.2. The Morgan fingerprint density at radius 2 is 1.38 bits per heavy atom. The molecule has 8 aromatic rings. The standard InChI is InChI=1S/C40H26N4O/c1-25-24-42-40-36-32(44(42)38(25)28-19-17-27(18-20-28)26-10-3-2-4-11-26)14-9-15-33(36)45-34-22-21-30-29-12-5-6-13-31(29)43(39(30)37(34)40)35-16-7-8-23-41(35)40/h2-24H,1H3/q+2. The average molecular weight is 579 g/mol. The number of nitrogens with zero attached hydrogens (tertiary/aromatic N) is 4. The minimum atomic E-state index is -0.674. The molecule has 1 spiro atoms. The van der Waals surface area contributed by atoms with Crippen LogP contribution in [0.2, 0.25) is 0 Å². The number of ether oxygens (including phenoxy) is 1. The molecular formula is C40H26N4O+2. The highest BCUT2D eigenvalue weighted by molar-refractivity contribution is 6.11. The van der Waals surface area contributed by atoms with E-state index in [9.17, 15) is 0 Å². The fraction of sp³-hybridized carbons (Fsp3) is 0.0500. The number of pyridine rings is 1. The van der Waals surface area contributed by atoms with Gasteiger partial charge in [-0.05, 0) is 60.5 Å². The maximum atomic E-state index is 6.83. The Balaban J connectivity index is 1.28. The minimum Gasteiger partial charge on any atom is -0.456 e. The van der Waals surface area contributed by atoms with Crippen LogP contribution in [0.4, 0.5) is 0 Å². The lowest BCUT2D eigenvalue weighted by Crippen LogP contribution is -2.76. The normalized spacial score (nSPS) is 16.4. The first-order valence-corrected chi connectivity index (χ1v) is 15.5. The third kappa shape index (κ3) is 2.63. The molecule has 5 nitrogen and oxygen atoms in total.